The summed E-state index contributed by atoms with van der Waals surface area (Å²) in [7, 11) is 0. The highest BCUT2D eigenvalue weighted by atomic mass is 16.4. The van der Waals surface area contributed by atoms with Gasteiger partial charge in [0.2, 0.25) is 0 Å². The summed E-state index contributed by atoms with van der Waals surface area (Å²) in [5.74, 6) is -0.959. The van der Waals surface area contributed by atoms with E-state index in [1.807, 2.05) is 30.3 Å². The van der Waals surface area contributed by atoms with Crippen molar-refractivity contribution in [3.63, 3.8) is 0 Å². The molecule has 0 saturated heterocycles. The van der Waals surface area contributed by atoms with Crippen LogP contribution >= 0.6 is 0 Å². The second-order valence-electron chi connectivity index (χ2n) is 2.63. The third kappa shape index (κ3) is 2.36. The molecule has 0 aliphatic carbocycles. The van der Waals surface area contributed by atoms with Crippen molar-refractivity contribution in [3.05, 3.63) is 35.9 Å². The van der Waals surface area contributed by atoms with Crippen LogP contribution in [0.3, 0.4) is 0 Å². The van der Waals surface area contributed by atoms with Gasteiger partial charge in [-0.05, 0) is 12.0 Å². The average molecular weight is 166 g/mol. The summed E-state index contributed by atoms with van der Waals surface area (Å²) >= 11 is 0. The van der Waals surface area contributed by atoms with Crippen molar-refractivity contribution in [2.75, 3.05) is 0 Å². The zero-order valence-electron chi connectivity index (χ0n) is 6.60. The first kappa shape index (κ1) is 8.74. The summed E-state index contributed by atoms with van der Waals surface area (Å²) in [6.45, 7) is 0. The second-order valence-corrected chi connectivity index (χ2v) is 2.63. The molecule has 0 fully saturated rings. The molecule has 0 aliphatic heterocycles. The van der Waals surface area contributed by atoms with Crippen LogP contribution in [-0.4, -0.2) is 17.1 Å². The van der Waals surface area contributed by atoms with Crippen LogP contribution in [0.15, 0.2) is 30.3 Å². The molecule has 1 aromatic rings. The molecule has 1 atom stereocenters. The van der Waals surface area contributed by atoms with Gasteiger partial charge in [0.1, 0.15) is 6.04 Å². The Balaban J connectivity index is 2.58. The maximum absolute atomic E-state index is 10.4. The standard InChI is InChI=1S/C9H11NO2/c10-8(9(11)12)6-7-4-2-1-3-5-7/h1-5,8H,6,10H2,(H,11,12)/t8-/m1/s1/i8+1. The van der Waals surface area contributed by atoms with E-state index in [4.69, 9.17) is 10.8 Å². The van der Waals surface area contributed by atoms with Gasteiger partial charge in [0, 0.05) is 0 Å². The molecule has 12 heavy (non-hydrogen) atoms. The third-order valence-electron chi connectivity index (χ3n) is 1.62. The fraction of sp³-hybridized carbons (Fsp3) is 0.222. The molecule has 1 rings (SSSR count). The Labute approximate surface area is 70.8 Å². The molecule has 0 aromatic heterocycles. The Morgan fingerprint density at radius 3 is 2.50 bits per heavy atom. The van der Waals surface area contributed by atoms with Gasteiger partial charge in [-0.25, -0.2) is 0 Å². The number of hydrogen-bond acceptors (Lipinski definition) is 2. The molecule has 0 bridgehead atoms. The topological polar surface area (TPSA) is 63.3 Å². The van der Waals surface area contributed by atoms with Gasteiger partial charge in [-0.1, -0.05) is 30.3 Å². The third-order valence-corrected chi connectivity index (χ3v) is 1.62. The van der Waals surface area contributed by atoms with Crippen molar-refractivity contribution in [2.45, 2.75) is 12.5 Å². The molecule has 0 unspecified atom stereocenters. The van der Waals surface area contributed by atoms with Crippen molar-refractivity contribution in [1.29, 1.82) is 0 Å². The zero-order valence-corrected chi connectivity index (χ0v) is 6.60. The molecule has 3 N–H and O–H groups in total. The lowest BCUT2D eigenvalue weighted by Crippen LogP contribution is -2.32. The van der Waals surface area contributed by atoms with Gasteiger partial charge in [0.15, 0.2) is 0 Å². The Hall–Kier alpha value is -1.35. The maximum Gasteiger partial charge on any atom is 0.320 e. The molecule has 0 spiro atoms. The van der Waals surface area contributed by atoms with Crippen LogP contribution in [0, 0.1) is 0 Å². The maximum atomic E-state index is 10.4. The lowest BCUT2D eigenvalue weighted by atomic mass is 10.2. The Morgan fingerprint density at radius 1 is 1.42 bits per heavy atom. The van der Waals surface area contributed by atoms with E-state index in [0.29, 0.717) is 6.42 Å². The molecule has 0 aliphatic rings. The largest absolute Gasteiger partial charge is 0.480 e. The van der Waals surface area contributed by atoms with Crippen LogP contribution in [0.1, 0.15) is 5.56 Å². The van der Waals surface area contributed by atoms with E-state index in [2.05, 4.69) is 0 Å². The fourth-order valence-electron chi connectivity index (χ4n) is 0.955. The highest BCUT2D eigenvalue weighted by Gasteiger charge is 2.10. The Kier molecular flexibility index (Phi) is 2.82. The van der Waals surface area contributed by atoms with Gasteiger partial charge >= 0.3 is 5.97 Å². The Morgan fingerprint density at radius 2 is 2.00 bits per heavy atom. The van der Waals surface area contributed by atoms with Crippen molar-refractivity contribution >= 4 is 5.97 Å². The zero-order chi connectivity index (χ0) is 8.97. The summed E-state index contributed by atoms with van der Waals surface area (Å²) in [6.07, 6.45) is 0.385. The quantitative estimate of drug-likeness (QED) is 0.648. The van der Waals surface area contributed by atoms with Gasteiger partial charge in [-0.3, -0.25) is 4.79 Å². The number of carbonyl (C=O) groups is 1. The molecule has 0 radical (unpaired) electrons. The SMILES string of the molecule is N[13C@H](Cc1ccccc1)C(=O)O. The number of carboxylic acids is 1. The summed E-state index contributed by atoms with van der Waals surface area (Å²) in [4.78, 5) is 10.4. The van der Waals surface area contributed by atoms with Crippen molar-refractivity contribution in [2.24, 2.45) is 5.73 Å². The predicted octanol–water partition coefficient (Wildman–Crippen LogP) is 0.641. The van der Waals surface area contributed by atoms with E-state index >= 15 is 0 Å². The Bertz CT molecular complexity index is 258. The normalized spacial score (nSPS) is 12.4. The van der Waals surface area contributed by atoms with Crippen LogP contribution in [0.2, 0.25) is 0 Å². The second kappa shape index (κ2) is 3.88. The van der Waals surface area contributed by atoms with E-state index in [-0.39, 0.29) is 0 Å². The van der Waals surface area contributed by atoms with Crippen molar-refractivity contribution in [3.8, 4) is 0 Å². The summed E-state index contributed by atoms with van der Waals surface area (Å²) in [5.41, 5.74) is 6.30. The number of rotatable bonds is 3. The molecule has 0 saturated carbocycles. The minimum absolute atomic E-state index is 0.385. The molecule has 0 heterocycles. The van der Waals surface area contributed by atoms with Crippen LogP contribution < -0.4 is 5.73 Å². The van der Waals surface area contributed by atoms with E-state index in [9.17, 15) is 4.79 Å². The lowest BCUT2D eigenvalue weighted by Gasteiger charge is -2.04. The molecule has 64 valence electrons. The van der Waals surface area contributed by atoms with Gasteiger partial charge in [-0.15, -0.1) is 0 Å². The van der Waals surface area contributed by atoms with Crippen LogP contribution in [0.25, 0.3) is 0 Å². The first-order valence-electron chi connectivity index (χ1n) is 3.72. The minimum atomic E-state index is -0.959. The van der Waals surface area contributed by atoms with Gasteiger partial charge in [-0.2, -0.15) is 0 Å². The lowest BCUT2D eigenvalue weighted by molar-refractivity contribution is -0.138. The highest BCUT2D eigenvalue weighted by Crippen LogP contribution is 2.01. The van der Waals surface area contributed by atoms with Crippen LogP contribution in [0.5, 0.6) is 0 Å². The minimum Gasteiger partial charge on any atom is -0.480 e. The highest BCUT2D eigenvalue weighted by molar-refractivity contribution is 5.73. The number of carboxylic acid groups (broad SMARTS) is 1. The predicted molar refractivity (Wildman–Crippen MR) is 45.8 cm³/mol. The molecule has 3 heteroatoms. The van der Waals surface area contributed by atoms with E-state index < -0.39 is 12.0 Å². The monoisotopic (exact) mass is 166 g/mol. The van der Waals surface area contributed by atoms with Crippen molar-refractivity contribution in [1.82, 2.24) is 0 Å². The molecular formula is C9H11NO2. The number of nitrogens with two attached hydrogens (primary N) is 1. The smallest absolute Gasteiger partial charge is 0.320 e. The fourth-order valence-corrected chi connectivity index (χ4v) is 0.955. The van der Waals surface area contributed by atoms with Crippen molar-refractivity contribution < 1.29 is 9.90 Å². The summed E-state index contributed by atoms with van der Waals surface area (Å²) in [6, 6.07) is 8.54. The number of benzene rings is 1. The van der Waals surface area contributed by atoms with Crippen LogP contribution in [-0.2, 0) is 11.2 Å². The van der Waals surface area contributed by atoms with Gasteiger partial charge in [0.05, 0.1) is 0 Å². The molecule has 1 aromatic carbocycles. The summed E-state index contributed by atoms with van der Waals surface area (Å²) in [5, 5.41) is 8.52. The van der Waals surface area contributed by atoms with Crippen LogP contribution in [0.4, 0.5) is 0 Å². The molecule has 0 amide bonds. The average Bonchev–Trinajstić information content (AvgIpc) is 2.06. The van der Waals surface area contributed by atoms with Gasteiger partial charge < -0.3 is 10.8 Å². The first-order chi connectivity index (χ1) is 5.70. The first-order valence-corrected chi connectivity index (χ1v) is 3.72. The van der Waals surface area contributed by atoms with E-state index in [0.717, 1.165) is 5.56 Å². The number of hydrogen-bond donors (Lipinski definition) is 2. The number of aliphatic carboxylic acids is 1. The van der Waals surface area contributed by atoms with E-state index in [1.54, 1.807) is 0 Å². The van der Waals surface area contributed by atoms with Gasteiger partial charge in [0.25, 0.3) is 0 Å². The summed E-state index contributed by atoms with van der Waals surface area (Å²) < 4.78 is 0. The molecule has 3 nitrogen and oxygen atoms in total. The van der Waals surface area contributed by atoms with E-state index in [1.165, 1.54) is 0 Å². The molecular weight excluding hydrogens is 155 g/mol.